The van der Waals surface area contributed by atoms with Gasteiger partial charge in [-0.2, -0.15) is 11.3 Å². The van der Waals surface area contributed by atoms with Crippen molar-refractivity contribution >= 4 is 17.2 Å². The van der Waals surface area contributed by atoms with Gasteiger partial charge in [0.05, 0.1) is 6.20 Å². The molecule has 0 aromatic carbocycles. The van der Waals surface area contributed by atoms with E-state index < -0.39 is 0 Å². The van der Waals surface area contributed by atoms with Crippen LogP contribution in [0.15, 0.2) is 23.0 Å². The summed E-state index contributed by atoms with van der Waals surface area (Å²) in [6.45, 7) is 0. The predicted molar refractivity (Wildman–Crippen MR) is 46.3 cm³/mol. The molecular formula is C7H7N3S. The van der Waals surface area contributed by atoms with Crippen LogP contribution in [-0.2, 0) is 0 Å². The summed E-state index contributed by atoms with van der Waals surface area (Å²) in [6.07, 6.45) is 1.62. The summed E-state index contributed by atoms with van der Waals surface area (Å²) < 4.78 is 0. The summed E-state index contributed by atoms with van der Waals surface area (Å²) in [5.74, 6) is 1.44. The van der Waals surface area contributed by atoms with E-state index in [-0.39, 0.29) is 0 Å². The fraction of sp³-hybridized carbons (Fsp3) is 0. The minimum absolute atomic E-state index is 0.603. The second-order valence-corrected chi connectivity index (χ2v) is 2.98. The molecule has 0 aliphatic heterocycles. The van der Waals surface area contributed by atoms with Crippen molar-refractivity contribution in [3.63, 3.8) is 0 Å². The van der Waals surface area contributed by atoms with E-state index in [0.29, 0.717) is 5.82 Å². The molecule has 0 spiro atoms. The highest BCUT2D eigenvalue weighted by Crippen LogP contribution is 2.18. The van der Waals surface area contributed by atoms with Gasteiger partial charge in [0, 0.05) is 10.9 Å². The van der Waals surface area contributed by atoms with Gasteiger partial charge in [-0.3, -0.25) is 0 Å². The summed E-state index contributed by atoms with van der Waals surface area (Å²) in [6, 6.07) is 2.00. The number of nitrogens with zero attached hydrogens (tertiary/aromatic N) is 1. The largest absolute Gasteiger partial charge is 0.384 e. The first kappa shape index (κ1) is 6.42. The molecular weight excluding hydrogens is 158 g/mol. The van der Waals surface area contributed by atoms with Gasteiger partial charge in [-0.25, -0.2) is 4.98 Å². The van der Waals surface area contributed by atoms with E-state index in [4.69, 9.17) is 5.73 Å². The maximum Gasteiger partial charge on any atom is 0.139 e. The van der Waals surface area contributed by atoms with E-state index in [1.165, 1.54) is 0 Å². The van der Waals surface area contributed by atoms with E-state index in [1.54, 1.807) is 17.5 Å². The molecule has 2 heterocycles. The molecule has 2 rings (SSSR count). The molecule has 3 nitrogen and oxygen atoms in total. The summed E-state index contributed by atoms with van der Waals surface area (Å²) in [7, 11) is 0. The van der Waals surface area contributed by atoms with Gasteiger partial charge >= 0.3 is 0 Å². The highest BCUT2D eigenvalue weighted by molar-refractivity contribution is 7.08. The van der Waals surface area contributed by atoms with Gasteiger partial charge in [0.25, 0.3) is 0 Å². The lowest BCUT2D eigenvalue weighted by atomic mass is 10.3. The van der Waals surface area contributed by atoms with Crippen molar-refractivity contribution in [2.45, 2.75) is 0 Å². The normalized spacial score (nSPS) is 10.2. The molecule has 0 unspecified atom stereocenters. The lowest BCUT2D eigenvalue weighted by Crippen LogP contribution is -1.82. The van der Waals surface area contributed by atoms with Crippen molar-refractivity contribution in [1.29, 1.82) is 0 Å². The Balaban J connectivity index is 2.45. The second-order valence-electron chi connectivity index (χ2n) is 2.20. The highest BCUT2D eigenvalue weighted by Gasteiger charge is 1.99. The zero-order chi connectivity index (χ0) is 7.68. The van der Waals surface area contributed by atoms with Crippen LogP contribution in [0.4, 0.5) is 5.82 Å². The predicted octanol–water partition coefficient (Wildman–Crippen LogP) is 1.72. The lowest BCUT2D eigenvalue weighted by Gasteiger charge is -1.86. The van der Waals surface area contributed by atoms with Crippen LogP contribution in [0.25, 0.3) is 11.4 Å². The number of anilines is 1. The van der Waals surface area contributed by atoms with Gasteiger partial charge in [0.1, 0.15) is 11.6 Å². The first-order valence-electron chi connectivity index (χ1n) is 3.19. The van der Waals surface area contributed by atoms with E-state index in [9.17, 15) is 0 Å². The SMILES string of the molecule is Nc1cnc(-c2ccsc2)[nH]1. The molecule has 11 heavy (non-hydrogen) atoms. The third-order valence-electron chi connectivity index (χ3n) is 1.39. The molecule has 3 N–H and O–H groups in total. The van der Waals surface area contributed by atoms with Crippen LogP contribution in [0.1, 0.15) is 0 Å². The monoisotopic (exact) mass is 165 g/mol. The Bertz CT molecular complexity index is 336. The van der Waals surface area contributed by atoms with Crippen LogP contribution in [0.3, 0.4) is 0 Å². The first-order chi connectivity index (χ1) is 5.36. The van der Waals surface area contributed by atoms with Gasteiger partial charge < -0.3 is 10.7 Å². The standard InChI is InChI=1S/C7H7N3S/c8-6-3-9-7(10-6)5-1-2-11-4-5/h1-4H,8H2,(H,9,10). The fourth-order valence-corrected chi connectivity index (χ4v) is 1.52. The van der Waals surface area contributed by atoms with Crippen molar-refractivity contribution in [2.24, 2.45) is 0 Å². The number of hydrogen-bond acceptors (Lipinski definition) is 3. The van der Waals surface area contributed by atoms with Crippen molar-refractivity contribution in [2.75, 3.05) is 5.73 Å². The lowest BCUT2D eigenvalue weighted by molar-refractivity contribution is 1.32. The van der Waals surface area contributed by atoms with Gasteiger partial charge in [-0.1, -0.05) is 0 Å². The molecule has 0 atom stereocenters. The summed E-state index contributed by atoms with van der Waals surface area (Å²) >= 11 is 1.64. The molecule has 0 saturated carbocycles. The molecule has 0 aliphatic rings. The number of aromatic nitrogens is 2. The van der Waals surface area contributed by atoms with Gasteiger partial charge in [-0.05, 0) is 11.4 Å². The van der Waals surface area contributed by atoms with Crippen LogP contribution in [-0.4, -0.2) is 9.97 Å². The molecule has 0 fully saturated rings. The van der Waals surface area contributed by atoms with E-state index in [1.807, 2.05) is 16.8 Å². The van der Waals surface area contributed by atoms with Gasteiger partial charge in [0.2, 0.25) is 0 Å². The molecule has 0 radical (unpaired) electrons. The van der Waals surface area contributed by atoms with Crippen molar-refractivity contribution in [1.82, 2.24) is 9.97 Å². The number of nitrogens with two attached hydrogens (primary N) is 1. The zero-order valence-electron chi connectivity index (χ0n) is 5.74. The summed E-state index contributed by atoms with van der Waals surface area (Å²) in [5.41, 5.74) is 6.56. The average molecular weight is 165 g/mol. The summed E-state index contributed by atoms with van der Waals surface area (Å²) in [5, 5.41) is 4.03. The number of aromatic amines is 1. The minimum atomic E-state index is 0.603. The van der Waals surface area contributed by atoms with E-state index in [2.05, 4.69) is 9.97 Å². The van der Waals surface area contributed by atoms with Crippen molar-refractivity contribution in [3.05, 3.63) is 23.0 Å². The molecule has 2 aromatic rings. The second kappa shape index (κ2) is 2.39. The Morgan fingerprint density at radius 1 is 1.55 bits per heavy atom. The average Bonchev–Trinajstić information content (AvgIpc) is 2.55. The third kappa shape index (κ3) is 1.12. The van der Waals surface area contributed by atoms with E-state index in [0.717, 1.165) is 11.4 Å². The molecule has 0 amide bonds. The Hall–Kier alpha value is -1.29. The van der Waals surface area contributed by atoms with E-state index >= 15 is 0 Å². The number of thiophene rings is 1. The van der Waals surface area contributed by atoms with Crippen LogP contribution in [0.5, 0.6) is 0 Å². The van der Waals surface area contributed by atoms with Crippen molar-refractivity contribution < 1.29 is 0 Å². The molecule has 0 saturated heterocycles. The fourth-order valence-electron chi connectivity index (χ4n) is 0.881. The molecule has 2 aromatic heterocycles. The van der Waals surface area contributed by atoms with Gasteiger partial charge in [-0.15, -0.1) is 0 Å². The van der Waals surface area contributed by atoms with Crippen molar-refractivity contribution in [3.8, 4) is 11.4 Å². The summed E-state index contributed by atoms with van der Waals surface area (Å²) in [4.78, 5) is 7.04. The smallest absolute Gasteiger partial charge is 0.139 e. The number of nitrogens with one attached hydrogen (secondary N) is 1. The number of nitrogen functional groups attached to an aromatic ring is 1. The molecule has 0 bridgehead atoms. The number of rotatable bonds is 1. The highest BCUT2D eigenvalue weighted by atomic mass is 32.1. The minimum Gasteiger partial charge on any atom is -0.384 e. The number of imidazole rings is 1. The Labute approximate surface area is 67.9 Å². The van der Waals surface area contributed by atoms with Crippen LogP contribution in [0.2, 0.25) is 0 Å². The maximum atomic E-state index is 5.47. The first-order valence-corrected chi connectivity index (χ1v) is 4.13. The molecule has 0 aliphatic carbocycles. The van der Waals surface area contributed by atoms with Gasteiger partial charge in [0.15, 0.2) is 0 Å². The Morgan fingerprint density at radius 3 is 3.00 bits per heavy atom. The quantitative estimate of drug-likeness (QED) is 0.676. The van der Waals surface area contributed by atoms with Crippen LogP contribution >= 0.6 is 11.3 Å². The number of H-pyrrole nitrogens is 1. The maximum absolute atomic E-state index is 5.47. The molecule has 56 valence electrons. The van der Waals surface area contributed by atoms with Crippen LogP contribution < -0.4 is 5.73 Å². The number of hydrogen-bond donors (Lipinski definition) is 2. The third-order valence-corrected chi connectivity index (χ3v) is 2.07. The zero-order valence-corrected chi connectivity index (χ0v) is 6.56. The van der Waals surface area contributed by atoms with Crippen LogP contribution in [0, 0.1) is 0 Å². The Morgan fingerprint density at radius 2 is 2.45 bits per heavy atom. The topological polar surface area (TPSA) is 54.7 Å². The Kier molecular flexibility index (Phi) is 1.40. The molecule has 4 heteroatoms.